The number of likely N-dealkylation sites (tertiary alicyclic amines) is 1. The van der Waals surface area contributed by atoms with E-state index in [1.807, 2.05) is 7.05 Å². The van der Waals surface area contributed by atoms with Crippen LogP contribution in [-0.4, -0.2) is 40.6 Å². The molecule has 0 spiro atoms. The number of fused-ring (bicyclic) bond motifs is 1. The molecule has 0 amide bonds. The highest BCUT2D eigenvalue weighted by molar-refractivity contribution is 5.22. The van der Waals surface area contributed by atoms with Gasteiger partial charge in [-0.15, -0.1) is 0 Å². The van der Waals surface area contributed by atoms with Gasteiger partial charge in [0.05, 0.1) is 5.69 Å². The van der Waals surface area contributed by atoms with Gasteiger partial charge >= 0.3 is 6.18 Å². The first kappa shape index (κ1) is 14.8. The van der Waals surface area contributed by atoms with Gasteiger partial charge in [-0.1, -0.05) is 6.42 Å². The van der Waals surface area contributed by atoms with Crippen LogP contribution in [0.25, 0.3) is 0 Å². The maximum Gasteiger partial charge on any atom is 0.449 e. The minimum atomic E-state index is -4.38. The Balaban J connectivity index is 1.93. The van der Waals surface area contributed by atoms with Gasteiger partial charge < -0.3 is 14.8 Å². The van der Waals surface area contributed by atoms with E-state index in [2.05, 4.69) is 15.2 Å². The summed E-state index contributed by atoms with van der Waals surface area (Å²) < 4.78 is 41.2. The van der Waals surface area contributed by atoms with Crippen molar-refractivity contribution in [3.8, 4) is 0 Å². The molecule has 2 aliphatic heterocycles. The lowest BCUT2D eigenvalue weighted by Gasteiger charge is -2.33. The first-order valence-electron chi connectivity index (χ1n) is 7.53. The molecule has 1 fully saturated rings. The van der Waals surface area contributed by atoms with Crippen molar-refractivity contribution in [3.63, 3.8) is 0 Å². The predicted molar refractivity (Wildman–Crippen MR) is 72.9 cm³/mol. The fraction of sp³-hybridized carbons (Fsp3) is 0.786. The lowest BCUT2D eigenvalue weighted by atomic mass is 10.0. The number of piperidine rings is 1. The number of imidazole rings is 1. The molecule has 4 nitrogen and oxygen atoms in total. The summed E-state index contributed by atoms with van der Waals surface area (Å²) in [6.07, 6.45) is -0.585. The van der Waals surface area contributed by atoms with Crippen molar-refractivity contribution in [1.82, 2.24) is 19.8 Å². The highest BCUT2D eigenvalue weighted by Crippen LogP contribution is 2.32. The lowest BCUT2D eigenvalue weighted by molar-refractivity contribution is -0.147. The van der Waals surface area contributed by atoms with Crippen molar-refractivity contribution in [2.75, 3.05) is 20.1 Å². The molecule has 1 atom stereocenters. The highest BCUT2D eigenvalue weighted by Gasteiger charge is 2.40. The van der Waals surface area contributed by atoms with Crippen LogP contribution in [0.15, 0.2) is 0 Å². The van der Waals surface area contributed by atoms with E-state index in [-0.39, 0.29) is 6.04 Å². The fourth-order valence-corrected chi connectivity index (χ4v) is 3.37. The average molecular weight is 302 g/mol. The normalized spacial score (nSPS) is 24.1. The number of hydrogen-bond acceptors (Lipinski definition) is 3. The van der Waals surface area contributed by atoms with Crippen LogP contribution < -0.4 is 5.32 Å². The summed E-state index contributed by atoms with van der Waals surface area (Å²) in [5.41, 5.74) is 1.33. The Labute approximate surface area is 122 Å². The van der Waals surface area contributed by atoms with E-state index in [0.717, 1.165) is 38.0 Å². The van der Waals surface area contributed by atoms with Crippen molar-refractivity contribution in [3.05, 3.63) is 17.2 Å². The minimum absolute atomic E-state index is 0.174. The van der Waals surface area contributed by atoms with E-state index < -0.39 is 12.0 Å². The van der Waals surface area contributed by atoms with Crippen LogP contribution in [0.3, 0.4) is 0 Å². The maximum absolute atomic E-state index is 13.3. The summed E-state index contributed by atoms with van der Waals surface area (Å²) in [5.74, 6) is -0.727. The average Bonchev–Trinajstić information content (AvgIpc) is 2.80. The molecule has 0 saturated carbocycles. The van der Waals surface area contributed by atoms with Crippen LogP contribution in [0, 0.1) is 0 Å². The summed E-state index contributed by atoms with van der Waals surface area (Å²) in [7, 11) is 2.00. The van der Waals surface area contributed by atoms with E-state index in [0.29, 0.717) is 25.2 Å². The van der Waals surface area contributed by atoms with Crippen LogP contribution in [0.5, 0.6) is 0 Å². The molecule has 1 unspecified atom stereocenters. The van der Waals surface area contributed by atoms with Gasteiger partial charge in [0.25, 0.3) is 0 Å². The molecule has 0 aromatic carbocycles. The molecule has 2 aliphatic rings. The zero-order chi connectivity index (χ0) is 15.0. The van der Waals surface area contributed by atoms with E-state index in [1.165, 1.54) is 4.57 Å². The molecule has 0 aliphatic carbocycles. The SMILES string of the molecule is CN1CCCCC1Cn1c(C(F)(F)F)nc2c1CCNC2. The number of hydrogen-bond donors (Lipinski definition) is 1. The van der Waals surface area contributed by atoms with Crippen molar-refractivity contribution in [2.45, 2.75) is 51.0 Å². The Morgan fingerprint density at radius 2 is 2.14 bits per heavy atom. The Kier molecular flexibility index (Phi) is 3.96. The van der Waals surface area contributed by atoms with Gasteiger partial charge in [0.15, 0.2) is 0 Å². The molecule has 1 aromatic rings. The molecule has 7 heteroatoms. The monoisotopic (exact) mass is 302 g/mol. The van der Waals surface area contributed by atoms with Gasteiger partial charge in [-0.3, -0.25) is 0 Å². The smallest absolute Gasteiger partial charge is 0.323 e. The summed E-state index contributed by atoms with van der Waals surface area (Å²) >= 11 is 0. The summed E-state index contributed by atoms with van der Waals surface area (Å²) in [6.45, 7) is 2.51. The molecule has 118 valence electrons. The molecule has 1 saturated heterocycles. The Morgan fingerprint density at radius 1 is 1.33 bits per heavy atom. The summed E-state index contributed by atoms with van der Waals surface area (Å²) in [5, 5.41) is 3.09. The van der Waals surface area contributed by atoms with E-state index >= 15 is 0 Å². The molecule has 0 bridgehead atoms. The molecule has 1 N–H and O–H groups in total. The van der Waals surface area contributed by atoms with Crippen LogP contribution in [0.1, 0.15) is 36.5 Å². The van der Waals surface area contributed by atoms with Gasteiger partial charge in [0.2, 0.25) is 5.82 Å². The lowest BCUT2D eigenvalue weighted by Crippen LogP contribution is -2.40. The number of alkyl halides is 3. The number of rotatable bonds is 2. The maximum atomic E-state index is 13.3. The fourth-order valence-electron chi connectivity index (χ4n) is 3.37. The largest absolute Gasteiger partial charge is 0.449 e. The molecular weight excluding hydrogens is 281 g/mol. The topological polar surface area (TPSA) is 33.1 Å². The van der Waals surface area contributed by atoms with Gasteiger partial charge in [-0.05, 0) is 26.4 Å². The third-order valence-corrected chi connectivity index (χ3v) is 4.55. The number of halogens is 3. The third-order valence-electron chi connectivity index (χ3n) is 4.55. The first-order chi connectivity index (χ1) is 9.97. The molecule has 3 heterocycles. The third kappa shape index (κ3) is 2.94. The van der Waals surface area contributed by atoms with Crippen LogP contribution in [0.4, 0.5) is 13.2 Å². The first-order valence-corrected chi connectivity index (χ1v) is 7.53. The van der Waals surface area contributed by atoms with E-state index in [1.54, 1.807) is 0 Å². The highest BCUT2D eigenvalue weighted by atomic mass is 19.4. The van der Waals surface area contributed by atoms with Crippen molar-refractivity contribution in [1.29, 1.82) is 0 Å². The quantitative estimate of drug-likeness (QED) is 0.907. The number of aromatic nitrogens is 2. The van der Waals surface area contributed by atoms with Gasteiger partial charge in [0, 0.05) is 37.8 Å². The van der Waals surface area contributed by atoms with Crippen LogP contribution in [-0.2, 0) is 25.7 Å². The van der Waals surface area contributed by atoms with Crippen LogP contribution >= 0.6 is 0 Å². The number of likely N-dealkylation sites (N-methyl/N-ethyl adjacent to an activating group) is 1. The molecular formula is C14H21F3N4. The minimum Gasteiger partial charge on any atom is -0.323 e. The van der Waals surface area contributed by atoms with Gasteiger partial charge in [-0.25, -0.2) is 4.98 Å². The molecule has 1 aromatic heterocycles. The zero-order valence-corrected chi connectivity index (χ0v) is 12.2. The van der Waals surface area contributed by atoms with E-state index in [4.69, 9.17) is 0 Å². The zero-order valence-electron chi connectivity index (χ0n) is 12.2. The Bertz CT molecular complexity index is 509. The molecule has 3 rings (SSSR count). The second-order valence-electron chi connectivity index (χ2n) is 5.99. The Morgan fingerprint density at radius 3 is 2.86 bits per heavy atom. The Hall–Kier alpha value is -1.08. The van der Waals surface area contributed by atoms with Crippen LogP contribution in [0.2, 0.25) is 0 Å². The second kappa shape index (κ2) is 5.61. The summed E-state index contributed by atoms with van der Waals surface area (Å²) in [4.78, 5) is 6.05. The van der Waals surface area contributed by atoms with E-state index in [9.17, 15) is 13.2 Å². The van der Waals surface area contributed by atoms with Crippen molar-refractivity contribution >= 4 is 0 Å². The molecule has 0 radical (unpaired) electrons. The van der Waals surface area contributed by atoms with Gasteiger partial charge in [-0.2, -0.15) is 13.2 Å². The predicted octanol–water partition coefficient (Wildman–Crippen LogP) is 2.03. The second-order valence-corrected chi connectivity index (χ2v) is 5.99. The molecule has 21 heavy (non-hydrogen) atoms. The van der Waals surface area contributed by atoms with Crippen molar-refractivity contribution in [2.24, 2.45) is 0 Å². The van der Waals surface area contributed by atoms with Crippen molar-refractivity contribution < 1.29 is 13.2 Å². The number of nitrogens with zero attached hydrogens (tertiary/aromatic N) is 3. The number of nitrogens with one attached hydrogen (secondary N) is 1. The standard InChI is InChI=1S/C14H21F3N4/c1-20-7-3-2-4-10(20)9-21-12-5-6-18-8-11(12)19-13(21)14(15,16)17/h10,18H,2-9H2,1H3. The summed E-state index contributed by atoms with van der Waals surface area (Å²) in [6, 6.07) is 0.174. The van der Waals surface area contributed by atoms with Gasteiger partial charge in [0.1, 0.15) is 0 Å².